The van der Waals surface area contributed by atoms with Gasteiger partial charge in [0, 0.05) is 6.42 Å². The molecule has 0 spiro atoms. The number of aliphatic carboxylic acids is 1. The van der Waals surface area contributed by atoms with Crippen LogP contribution >= 0.6 is 11.5 Å². The Labute approximate surface area is 104 Å². The van der Waals surface area contributed by atoms with E-state index in [0.29, 0.717) is 23.7 Å². The zero-order chi connectivity index (χ0) is 12.7. The largest absolute Gasteiger partial charge is 0.481 e. The first-order valence-electron chi connectivity index (χ1n) is 5.55. The Balaban J connectivity index is 2.45. The second-order valence-electron chi connectivity index (χ2n) is 3.83. The van der Waals surface area contributed by atoms with Crippen molar-refractivity contribution in [3.8, 4) is 6.07 Å². The van der Waals surface area contributed by atoms with Crippen LogP contribution in [0.4, 0.5) is 0 Å². The summed E-state index contributed by atoms with van der Waals surface area (Å²) in [6, 6.07) is 2.08. The van der Waals surface area contributed by atoms with Crippen LogP contribution in [-0.2, 0) is 4.79 Å². The third kappa shape index (κ3) is 4.49. The van der Waals surface area contributed by atoms with Crippen LogP contribution in [0.1, 0.15) is 48.9 Å². The van der Waals surface area contributed by atoms with Crippen molar-refractivity contribution >= 4 is 17.5 Å². The number of hydrogen-bond acceptors (Lipinski definition) is 5. The van der Waals surface area contributed by atoms with E-state index in [9.17, 15) is 4.79 Å². The molecule has 1 atom stereocenters. The molecular weight excluding hydrogens is 238 g/mol. The molecule has 17 heavy (non-hydrogen) atoms. The van der Waals surface area contributed by atoms with Gasteiger partial charge in [-0.05, 0) is 31.3 Å². The van der Waals surface area contributed by atoms with Gasteiger partial charge in [-0.25, -0.2) is 4.98 Å². The minimum Gasteiger partial charge on any atom is -0.481 e. The average Bonchev–Trinajstić information content (AvgIpc) is 2.69. The van der Waals surface area contributed by atoms with Gasteiger partial charge in [-0.2, -0.15) is 9.64 Å². The van der Waals surface area contributed by atoms with Crippen molar-refractivity contribution in [1.29, 1.82) is 5.26 Å². The number of nitriles is 1. The van der Waals surface area contributed by atoms with Gasteiger partial charge >= 0.3 is 5.97 Å². The Hall–Kier alpha value is -1.48. The highest BCUT2D eigenvalue weighted by molar-refractivity contribution is 7.05. The molecule has 0 bridgehead atoms. The summed E-state index contributed by atoms with van der Waals surface area (Å²) in [5.74, 6) is -0.773. The first-order chi connectivity index (χ1) is 8.15. The summed E-state index contributed by atoms with van der Waals surface area (Å²) in [5, 5.41) is 18.1. The van der Waals surface area contributed by atoms with Crippen molar-refractivity contribution in [2.45, 2.75) is 44.9 Å². The normalized spacial score (nSPS) is 12.0. The Bertz CT molecular complexity index is 411. The lowest BCUT2D eigenvalue weighted by molar-refractivity contribution is -0.139. The van der Waals surface area contributed by atoms with Crippen LogP contribution in [0.15, 0.2) is 0 Å². The van der Waals surface area contributed by atoms with Gasteiger partial charge in [0.15, 0.2) is 0 Å². The molecule has 0 aliphatic carbocycles. The van der Waals surface area contributed by atoms with Crippen molar-refractivity contribution in [2.24, 2.45) is 0 Å². The van der Waals surface area contributed by atoms with E-state index in [-0.39, 0.29) is 0 Å². The van der Waals surface area contributed by atoms with E-state index in [0.717, 1.165) is 30.8 Å². The van der Waals surface area contributed by atoms with E-state index in [1.807, 2.05) is 0 Å². The summed E-state index contributed by atoms with van der Waals surface area (Å²) in [4.78, 5) is 15.2. The van der Waals surface area contributed by atoms with Crippen LogP contribution in [0.25, 0.3) is 0 Å². The second kappa shape index (κ2) is 6.97. The van der Waals surface area contributed by atoms with Crippen molar-refractivity contribution in [1.82, 2.24) is 9.36 Å². The number of carboxylic acids is 1. The van der Waals surface area contributed by atoms with Crippen LogP contribution in [-0.4, -0.2) is 20.4 Å². The van der Waals surface area contributed by atoms with Gasteiger partial charge in [-0.3, -0.25) is 4.79 Å². The van der Waals surface area contributed by atoms with Gasteiger partial charge in [0.05, 0.1) is 6.07 Å². The minimum atomic E-state index is -0.846. The lowest BCUT2D eigenvalue weighted by Crippen LogP contribution is -2.11. The molecule has 0 amide bonds. The van der Waals surface area contributed by atoms with Crippen molar-refractivity contribution in [2.75, 3.05) is 0 Å². The van der Waals surface area contributed by atoms with Crippen molar-refractivity contribution in [3.63, 3.8) is 0 Å². The zero-order valence-electron chi connectivity index (χ0n) is 9.72. The summed E-state index contributed by atoms with van der Waals surface area (Å²) >= 11 is 1.16. The van der Waals surface area contributed by atoms with Crippen LogP contribution in [0.3, 0.4) is 0 Å². The van der Waals surface area contributed by atoms with E-state index >= 15 is 0 Å². The fourth-order valence-corrected chi connectivity index (χ4v) is 2.32. The third-order valence-corrected chi connectivity index (χ3v) is 3.34. The summed E-state index contributed by atoms with van der Waals surface area (Å²) in [6.45, 7) is 1.76. The summed E-state index contributed by atoms with van der Waals surface area (Å²) < 4.78 is 4.00. The Morgan fingerprint density at radius 1 is 1.53 bits per heavy atom. The molecule has 1 aromatic heterocycles. The first kappa shape index (κ1) is 13.6. The quantitative estimate of drug-likeness (QED) is 0.754. The van der Waals surface area contributed by atoms with Gasteiger partial charge in [0.1, 0.15) is 16.7 Å². The molecule has 0 aliphatic rings. The van der Waals surface area contributed by atoms with Crippen molar-refractivity contribution < 1.29 is 9.90 Å². The van der Waals surface area contributed by atoms with Crippen LogP contribution in [0.2, 0.25) is 0 Å². The van der Waals surface area contributed by atoms with Crippen LogP contribution in [0, 0.1) is 18.3 Å². The molecular formula is C11H15N3O2S. The third-order valence-electron chi connectivity index (χ3n) is 2.42. The zero-order valence-corrected chi connectivity index (χ0v) is 10.5. The number of rotatable bonds is 7. The highest BCUT2D eigenvalue weighted by atomic mass is 32.1. The highest BCUT2D eigenvalue weighted by Gasteiger charge is 2.22. The first-order valence-corrected chi connectivity index (χ1v) is 6.32. The summed E-state index contributed by atoms with van der Waals surface area (Å²) in [7, 11) is 0. The fraction of sp³-hybridized carbons (Fsp3) is 0.636. The molecule has 0 aliphatic heterocycles. The Morgan fingerprint density at radius 2 is 2.29 bits per heavy atom. The number of carboxylic acid groups (broad SMARTS) is 1. The van der Waals surface area contributed by atoms with E-state index < -0.39 is 11.9 Å². The Kier molecular flexibility index (Phi) is 5.57. The number of carbonyl (C=O) groups is 1. The standard InChI is InChI=1S/C11H15N3O2S/c1-8-13-10(17-14-8)9(11(15)16)6-4-2-3-5-7-12/h9H,2-6H2,1H3,(H,15,16). The molecule has 1 N–H and O–H groups in total. The molecule has 0 aromatic carbocycles. The molecule has 0 saturated heterocycles. The van der Waals surface area contributed by atoms with Gasteiger partial charge in [-0.15, -0.1) is 0 Å². The topological polar surface area (TPSA) is 86.9 Å². The Morgan fingerprint density at radius 3 is 2.82 bits per heavy atom. The van der Waals surface area contributed by atoms with E-state index in [1.165, 1.54) is 0 Å². The van der Waals surface area contributed by atoms with Gasteiger partial charge in [0.2, 0.25) is 0 Å². The fourth-order valence-electron chi connectivity index (χ4n) is 1.54. The summed E-state index contributed by atoms with van der Waals surface area (Å²) in [5.41, 5.74) is 0. The maximum absolute atomic E-state index is 11.1. The predicted octanol–water partition coefficient (Wildman–Crippen LogP) is 2.49. The lowest BCUT2D eigenvalue weighted by Gasteiger charge is -2.07. The molecule has 1 rings (SSSR count). The predicted molar refractivity (Wildman–Crippen MR) is 63.7 cm³/mol. The van der Waals surface area contributed by atoms with E-state index in [2.05, 4.69) is 15.4 Å². The monoisotopic (exact) mass is 253 g/mol. The van der Waals surface area contributed by atoms with E-state index in [1.54, 1.807) is 6.92 Å². The van der Waals surface area contributed by atoms with Gasteiger partial charge < -0.3 is 5.11 Å². The molecule has 1 heterocycles. The smallest absolute Gasteiger partial charge is 0.313 e. The number of nitrogens with zero attached hydrogens (tertiary/aromatic N) is 3. The average molecular weight is 253 g/mol. The molecule has 1 aromatic rings. The maximum atomic E-state index is 11.1. The van der Waals surface area contributed by atoms with Crippen molar-refractivity contribution in [3.05, 3.63) is 10.8 Å². The molecule has 5 nitrogen and oxygen atoms in total. The summed E-state index contributed by atoms with van der Waals surface area (Å²) in [6.07, 6.45) is 3.62. The van der Waals surface area contributed by atoms with Gasteiger partial charge in [-0.1, -0.05) is 12.8 Å². The van der Waals surface area contributed by atoms with E-state index in [4.69, 9.17) is 10.4 Å². The number of unbranched alkanes of at least 4 members (excludes halogenated alkanes) is 3. The molecule has 1 unspecified atom stereocenters. The second-order valence-corrected chi connectivity index (χ2v) is 4.61. The van der Waals surface area contributed by atoms with Crippen LogP contribution in [0.5, 0.6) is 0 Å². The minimum absolute atomic E-state index is 0.537. The SMILES string of the molecule is Cc1nsc(C(CCCCCC#N)C(=O)O)n1. The molecule has 6 heteroatoms. The molecule has 92 valence electrons. The molecule has 0 radical (unpaired) electrons. The number of aryl methyl sites for hydroxylation is 1. The maximum Gasteiger partial charge on any atom is 0.313 e. The highest BCUT2D eigenvalue weighted by Crippen LogP contribution is 2.24. The molecule has 0 fully saturated rings. The van der Waals surface area contributed by atoms with Gasteiger partial charge in [0.25, 0.3) is 0 Å². The lowest BCUT2D eigenvalue weighted by atomic mass is 10.0. The van der Waals surface area contributed by atoms with Crippen LogP contribution < -0.4 is 0 Å². The number of hydrogen-bond donors (Lipinski definition) is 1. The number of aromatic nitrogens is 2. The molecule has 0 saturated carbocycles.